The van der Waals surface area contributed by atoms with Crippen molar-refractivity contribution in [2.45, 2.75) is 13.0 Å². The first-order valence-corrected chi connectivity index (χ1v) is 11.4. The molecule has 1 aromatic heterocycles. The largest absolute Gasteiger partial charge is 0.507 e. The van der Waals surface area contributed by atoms with Crippen LogP contribution in [0.4, 0.5) is 5.13 Å². The van der Waals surface area contributed by atoms with Crippen molar-refractivity contribution in [1.82, 2.24) is 10.2 Å². The number of ether oxygens (including phenoxy) is 2. The quantitative estimate of drug-likeness (QED) is 0.317. The molecule has 1 N–H and O–H groups in total. The molecule has 2 aromatic carbocycles. The van der Waals surface area contributed by atoms with Gasteiger partial charge in [-0.05, 0) is 42.8 Å². The number of carbonyl (C=O) groups is 2. The van der Waals surface area contributed by atoms with Crippen molar-refractivity contribution >= 4 is 57.1 Å². The Morgan fingerprint density at radius 3 is 2.52 bits per heavy atom. The number of Topliss-reactive ketones (excluding diaryl/α,β-unsaturated/α-hetero) is 1. The third-order valence-electron chi connectivity index (χ3n) is 5.24. The summed E-state index contributed by atoms with van der Waals surface area (Å²) < 4.78 is 11.1. The Labute approximate surface area is 202 Å². The number of halogens is 2. The molecular formula is C22H15Cl2N3O5S. The van der Waals surface area contributed by atoms with Crippen LogP contribution in [-0.4, -0.2) is 40.2 Å². The molecular weight excluding hydrogens is 489 g/mol. The van der Waals surface area contributed by atoms with Gasteiger partial charge in [-0.2, -0.15) is 0 Å². The Morgan fingerprint density at radius 2 is 1.82 bits per heavy atom. The zero-order valence-corrected chi connectivity index (χ0v) is 19.4. The number of fused-ring (bicyclic) bond motifs is 1. The van der Waals surface area contributed by atoms with Gasteiger partial charge in [0.25, 0.3) is 5.78 Å². The number of nitrogens with zero attached hydrogens (tertiary/aromatic N) is 3. The maximum Gasteiger partial charge on any atom is 0.301 e. The van der Waals surface area contributed by atoms with Crippen LogP contribution in [-0.2, 0) is 9.59 Å². The van der Waals surface area contributed by atoms with E-state index in [9.17, 15) is 14.7 Å². The summed E-state index contributed by atoms with van der Waals surface area (Å²) in [7, 11) is 0. The molecule has 1 amide bonds. The monoisotopic (exact) mass is 503 g/mol. The number of rotatable bonds is 3. The van der Waals surface area contributed by atoms with Crippen LogP contribution in [0.5, 0.6) is 11.5 Å². The SMILES string of the molecule is Cc1nnc(N2C(=O)C(=O)C(=C(O)c3ccc4c(c3)OCCO4)[C@@H]2c2ccc(Cl)c(Cl)c2)s1. The molecule has 2 aliphatic rings. The van der Waals surface area contributed by atoms with E-state index in [2.05, 4.69) is 10.2 Å². The van der Waals surface area contributed by atoms with Crippen LogP contribution in [0.15, 0.2) is 42.0 Å². The van der Waals surface area contributed by atoms with E-state index >= 15 is 0 Å². The third-order valence-corrected chi connectivity index (χ3v) is 6.82. The highest BCUT2D eigenvalue weighted by Crippen LogP contribution is 2.44. The van der Waals surface area contributed by atoms with Crippen molar-refractivity contribution in [1.29, 1.82) is 0 Å². The molecule has 3 aromatic rings. The Morgan fingerprint density at radius 1 is 1.06 bits per heavy atom. The summed E-state index contributed by atoms with van der Waals surface area (Å²) in [5.41, 5.74) is 0.675. The van der Waals surface area contributed by atoms with Crippen molar-refractivity contribution < 1.29 is 24.2 Å². The topological polar surface area (TPSA) is 102 Å². The molecule has 1 saturated heterocycles. The summed E-state index contributed by atoms with van der Waals surface area (Å²) in [6.45, 7) is 2.52. The summed E-state index contributed by atoms with van der Waals surface area (Å²) in [4.78, 5) is 27.5. The van der Waals surface area contributed by atoms with Crippen LogP contribution < -0.4 is 14.4 Å². The van der Waals surface area contributed by atoms with Crippen LogP contribution in [0.25, 0.3) is 5.76 Å². The van der Waals surface area contributed by atoms with E-state index in [1.54, 1.807) is 43.3 Å². The number of aliphatic hydroxyl groups is 1. The minimum atomic E-state index is -0.986. The maximum absolute atomic E-state index is 13.2. The first-order chi connectivity index (χ1) is 15.8. The summed E-state index contributed by atoms with van der Waals surface area (Å²) >= 11 is 13.5. The fourth-order valence-corrected chi connectivity index (χ4v) is 4.78. The van der Waals surface area contributed by atoms with Gasteiger partial charge in [0.2, 0.25) is 5.13 Å². The van der Waals surface area contributed by atoms with Crippen molar-refractivity contribution in [3.8, 4) is 11.5 Å². The Kier molecular flexibility index (Phi) is 5.48. The number of hydrogen-bond donors (Lipinski definition) is 1. The van der Waals surface area contributed by atoms with E-state index in [1.807, 2.05) is 0 Å². The van der Waals surface area contributed by atoms with Gasteiger partial charge in [-0.15, -0.1) is 10.2 Å². The van der Waals surface area contributed by atoms with Gasteiger partial charge >= 0.3 is 5.91 Å². The lowest BCUT2D eigenvalue weighted by Crippen LogP contribution is -2.29. The number of anilines is 1. The molecule has 11 heteroatoms. The number of benzene rings is 2. The fourth-order valence-electron chi connectivity index (χ4n) is 3.76. The predicted octanol–water partition coefficient (Wildman–Crippen LogP) is 4.55. The molecule has 0 spiro atoms. The number of hydrogen-bond acceptors (Lipinski definition) is 8. The van der Waals surface area contributed by atoms with E-state index in [0.717, 1.165) is 11.3 Å². The van der Waals surface area contributed by atoms with E-state index in [-0.39, 0.29) is 21.5 Å². The molecule has 5 rings (SSSR count). The minimum Gasteiger partial charge on any atom is -0.507 e. The molecule has 1 atom stereocenters. The van der Waals surface area contributed by atoms with Gasteiger partial charge in [0, 0.05) is 5.56 Å². The highest BCUT2D eigenvalue weighted by atomic mass is 35.5. The van der Waals surface area contributed by atoms with Gasteiger partial charge < -0.3 is 14.6 Å². The van der Waals surface area contributed by atoms with Crippen molar-refractivity contribution in [3.63, 3.8) is 0 Å². The van der Waals surface area contributed by atoms with Gasteiger partial charge in [0.15, 0.2) is 11.5 Å². The lowest BCUT2D eigenvalue weighted by molar-refractivity contribution is -0.132. The molecule has 0 aliphatic carbocycles. The molecule has 8 nitrogen and oxygen atoms in total. The van der Waals surface area contributed by atoms with E-state index in [4.69, 9.17) is 32.7 Å². The summed E-state index contributed by atoms with van der Waals surface area (Å²) in [5, 5.41) is 20.6. The maximum atomic E-state index is 13.2. The van der Waals surface area contributed by atoms with E-state index in [0.29, 0.717) is 45.9 Å². The Bertz CT molecular complexity index is 1340. The van der Waals surface area contributed by atoms with Crippen molar-refractivity contribution in [3.05, 3.63) is 68.2 Å². The standard InChI is InChI=1S/C22H15Cl2N3O5S/c1-10-25-26-22(33-10)27-18(11-2-4-13(23)14(24)8-11)17(20(29)21(27)30)19(28)12-3-5-15-16(9-12)32-7-6-31-15/h2-5,8-9,18,28H,6-7H2,1H3/t18-/m0/s1. The summed E-state index contributed by atoms with van der Waals surface area (Å²) in [6, 6.07) is 8.58. The van der Waals surface area contributed by atoms with Crippen LogP contribution in [0.2, 0.25) is 10.0 Å². The first kappa shape index (κ1) is 21.7. The highest BCUT2D eigenvalue weighted by Gasteiger charge is 2.48. The van der Waals surface area contributed by atoms with Gasteiger partial charge in [-0.25, -0.2) is 0 Å². The molecule has 0 radical (unpaired) electrons. The second-order valence-electron chi connectivity index (χ2n) is 7.30. The molecule has 0 bridgehead atoms. The molecule has 0 unspecified atom stereocenters. The van der Waals surface area contributed by atoms with Crippen LogP contribution in [0, 0.1) is 6.92 Å². The number of aryl methyl sites for hydroxylation is 1. The third kappa shape index (κ3) is 3.72. The normalized spacial score (nSPS) is 19.2. The summed E-state index contributed by atoms with van der Waals surface area (Å²) in [6.07, 6.45) is 0. The lowest BCUT2D eigenvalue weighted by Gasteiger charge is -2.23. The van der Waals surface area contributed by atoms with Gasteiger partial charge in [0.1, 0.15) is 24.0 Å². The first-order valence-electron chi connectivity index (χ1n) is 9.81. The smallest absolute Gasteiger partial charge is 0.301 e. The molecule has 2 aliphatic heterocycles. The average Bonchev–Trinajstić information content (AvgIpc) is 3.35. The predicted molar refractivity (Wildman–Crippen MR) is 123 cm³/mol. The Balaban J connectivity index is 1.70. The molecule has 33 heavy (non-hydrogen) atoms. The van der Waals surface area contributed by atoms with Gasteiger partial charge in [-0.3, -0.25) is 14.5 Å². The molecule has 0 saturated carbocycles. The highest BCUT2D eigenvalue weighted by molar-refractivity contribution is 7.15. The fraction of sp³-hybridized carbons (Fsp3) is 0.182. The number of carbonyl (C=O) groups excluding carboxylic acids is 2. The number of aliphatic hydroxyl groups excluding tert-OH is 1. The average molecular weight is 504 g/mol. The zero-order chi connectivity index (χ0) is 23.3. The number of amides is 1. The number of ketones is 1. The Hall–Kier alpha value is -3.14. The molecule has 1 fully saturated rings. The minimum absolute atomic E-state index is 0.108. The van der Waals surface area contributed by atoms with E-state index < -0.39 is 17.7 Å². The van der Waals surface area contributed by atoms with E-state index in [1.165, 1.54) is 4.90 Å². The second-order valence-corrected chi connectivity index (χ2v) is 9.28. The number of aromatic nitrogens is 2. The zero-order valence-electron chi connectivity index (χ0n) is 17.0. The second kappa shape index (κ2) is 8.33. The van der Waals surface area contributed by atoms with Gasteiger partial charge in [-0.1, -0.05) is 40.6 Å². The van der Waals surface area contributed by atoms with Crippen LogP contribution >= 0.6 is 34.5 Å². The van der Waals surface area contributed by atoms with Gasteiger partial charge in [0.05, 0.1) is 21.7 Å². The molecule has 168 valence electrons. The summed E-state index contributed by atoms with van der Waals surface area (Å²) in [5.74, 6) is -1.08. The van der Waals surface area contributed by atoms with Crippen molar-refractivity contribution in [2.75, 3.05) is 18.1 Å². The van der Waals surface area contributed by atoms with Crippen molar-refractivity contribution in [2.24, 2.45) is 0 Å². The lowest BCUT2D eigenvalue weighted by atomic mass is 9.95. The van der Waals surface area contributed by atoms with Crippen LogP contribution in [0.1, 0.15) is 22.2 Å². The molecule has 3 heterocycles. The van der Waals surface area contributed by atoms with Crippen LogP contribution in [0.3, 0.4) is 0 Å².